The third-order valence-electron chi connectivity index (χ3n) is 9.72. The maximum Gasteiger partial charge on any atom is 0.326 e. The van der Waals surface area contributed by atoms with E-state index in [4.69, 9.17) is 28.7 Å². The lowest BCUT2D eigenvalue weighted by atomic mass is 10.0. The summed E-state index contributed by atoms with van der Waals surface area (Å²) in [7, 11) is 0. The number of guanidine groups is 1. The second-order valence-electron chi connectivity index (χ2n) is 16.2. The van der Waals surface area contributed by atoms with Gasteiger partial charge in [-0.2, -0.15) is 0 Å². The summed E-state index contributed by atoms with van der Waals surface area (Å²) in [6.07, 6.45) is -1.81. The number of aromatic nitrogens is 2. The van der Waals surface area contributed by atoms with Gasteiger partial charge in [0.15, 0.2) is 5.96 Å². The smallest absolute Gasteiger partial charge is 0.326 e. The van der Waals surface area contributed by atoms with Gasteiger partial charge in [0, 0.05) is 37.7 Å². The van der Waals surface area contributed by atoms with Crippen molar-refractivity contribution in [3.8, 4) is 0 Å². The largest absolute Gasteiger partial charge is 0.481 e. The van der Waals surface area contributed by atoms with Crippen LogP contribution in [-0.2, 0) is 59.2 Å². The van der Waals surface area contributed by atoms with Crippen LogP contribution >= 0.6 is 0 Å². The van der Waals surface area contributed by atoms with Crippen molar-refractivity contribution in [2.24, 2.45) is 39.6 Å². The molecule has 0 saturated carbocycles. The molecule has 1 heterocycles. The fraction of sp³-hybridized carbons (Fsp3) is 0.615. The fourth-order valence-electron chi connectivity index (χ4n) is 6.05. The van der Waals surface area contributed by atoms with Gasteiger partial charge >= 0.3 is 11.9 Å². The van der Waals surface area contributed by atoms with Gasteiger partial charge in [0.25, 0.3) is 0 Å². The molecule has 0 aliphatic carbocycles. The molecule has 380 valence electrons. The van der Waals surface area contributed by atoms with E-state index in [-0.39, 0.29) is 44.1 Å². The Kier molecular flexibility index (Phi) is 25.2. The zero-order valence-corrected chi connectivity index (χ0v) is 38.1. The molecule has 0 unspecified atom stereocenters. The number of aliphatic imine (C=N–C) groups is 1. The quantitative estimate of drug-likeness (QED) is 0.0181. The monoisotopic (exact) mass is 967 g/mol. The number of imidazole rings is 1. The lowest BCUT2D eigenvalue weighted by Crippen LogP contribution is -2.60. The number of carboxylic acid groups (broad SMARTS) is 2. The van der Waals surface area contributed by atoms with E-state index < -0.39 is 152 Å². The molecule has 1 aromatic rings. The van der Waals surface area contributed by atoms with Gasteiger partial charge in [0.1, 0.15) is 48.3 Å². The number of nitrogens with two attached hydrogens (primary N) is 5. The number of nitrogens with one attached hydrogen (secondary N) is 8. The molecule has 1 rings (SSSR count). The Balaban J connectivity index is 3.39. The van der Waals surface area contributed by atoms with Crippen molar-refractivity contribution in [1.82, 2.24) is 47.2 Å². The van der Waals surface area contributed by atoms with Crippen molar-refractivity contribution in [3.63, 3.8) is 0 Å². The van der Waals surface area contributed by atoms with E-state index in [0.717, 1.165) is 0 Å². The van der Waals surface area contributed by atoms with Gasteiger partial charge in [-0.05, 0) is 51.9 Å². The molecule has 0 bridgehead atoms. The van der Waals surface area contributed by atoms with Crippen LogP contribution in [0, 0.1) is 5.92 Å². The van der Waals surface area contributed by atoms with Crippen LogP contribution in [0.15, 0.2) is 17.5 Å². The van der Waals surface area contributed by atoms with Gasteiger partial charge in [0.05, 0.1) is 18.9 Å². The van der Waals surface area contributed by atoms with E-state index in [1.165, 1.54) is 26.4 Å². The number of hydrogen-bond donors (Lipinski definition) is 16. The van der Waals surface area contributed by atoms with Crippen LogP contribution in [0.2, 0.25) is 0 Å². The van der Waals surface area contributed by atoms with Gasteiger partial charge < -0.3 is 86.2 Å². The molecule has 68 heavy (non-hydrogen) atoms. The molecule has 0 aromatic carbocycles. The molecule has 0 fully saturated rings. The molecule has 21 N–H and O–H groups in total. The minimum atomic E-state index is -1.82. The van der Waals surface area contributed by atoms with E-state index in [1.54, 1.807) is 13.8 Å². The van der Waals surface area contributed by atoms with Gasteiger partial charge in [-0.1, -0.05) is 13.8 Å². The Morgan fingerprint density at radius 2 is 1.12 bits per heavy atom. The highest BCUT2D eigenvalue weighted by molar-refractivity contribution is 5.98. The van der Waals surface area contributed by atoms with Crippen LogP contribution in [-0.4, -0.2) is 157 Å². The second-order valence-corrected chi connectivity index (χ2v) is 16.2. The van der Waals surface area contributed by atoms with E-state index >= 15 is 0 Å². The molecule has 0 radical (unpaired) electrons. The number of nitrogens with zero attached hydrogens (tertiary/aromatic N) is 2. The number of primary amides is 2. The highest BCUT2D eigenvalue weighted by Crippen LogP contribution is 2.10. The lowest BCUT2D eigenvalue weighted by Gasteiger charge is -2.27. The highest BCUT2D eigenvalue weighted by Gasteiger charge is 2.35. The Labute approximate surface area is 390 Å². The molecule has 9 amide bonds. The number of hydrogen-bond acceptors (Lipinski definition) is 15. The lowest BCUT2D eigenvalue weighted by molar-refractivity contribution is -0.144. The number of carbonyl (C=O) groups excluding carboxylic acids is 9. The summed E-state index contributed by atoms with van der Waals surface area (Å²) in [5.74, 6) is -12.5. The predicted octanol–water partition coefficient (Wildman–Crippen LogP) is -6.74. The van der Waals surface area contributed by atoms with Crippen molar-refractivity contribution in [2.75, 3.05) is 6.54 Å². The Hall–Kier alpha value is -7.43. The number of carbonyl (C=O) groups is 11. The highest BCUT2D eigenvalue weighted by atomic mass is 16.4. The van der Waals surface area contributed by atoms with E-state index in [1.807, 2.05) is 5.32 Å². The Bertz CT molecular complexity index is 1960. The molecule has 0 aliphatic heterocycles. The van der Waals surface area contributed by atoms with Crippen molar-refractivity contribution >= 4 is 71.1 Å². The summed E-state index contributed by atoms with van der Waals surface area (Å²) in [6.45, 7) is 5.83. The number of amides is 9. The standard InChI is InChI=1S/C39H65N15O14/c1-17(2)12-24(35(64)51-23(8-10-29(58)59)34(63)54-26(38(67)68)14-28(41)57)52-31(60)18(3)48-32(61)22(7-9-27(40)56)50-33(62)21(6-5-11-46-39(43)44)49-36(65)25(13-20-15-45-16-47-20)53-37(66)30(42)19(4)55/h15-19,21-26,30,55H,5-14,42H2,1-4H3,(H2,40,56)(H2,41,57)(H,45,47)(H,48,61)(H,49,65)(H,50,62)(H,51,64)(H,52,60)(H,53,66)(H,54,63)(H,58,59)(H,67,68)(H4,43,44,46)/t18-,19+,21-,22-,23-,24-,25-,26-,30-/m0/s1. The topological polar surface area (TPSA) is 504 Å². The molecule has 1 aromatic heterocycles. The predicted molar refractivity (Wildman–Crippen MR) is 237 cm³/mol. The van der Waals surface area contributed by atoms with Gasteiger partial charge in [-0.15, -0.1) is 0 Å². The summed E-state index contributed by atoms with van der Waals surface area (Å²) in [4.78, 5) is 151. The first kappa shape index (κ1) is 58.6. The minimum Gasteiger partial charge on any atom is -0.481 e. The van der Waals surface area contributed by atoms with Crippen LogP contribution in [0.3, 0.4) is 0 Å². The number of aliphatic hydroxyl groups excluding tert-OH is 1. The molecule has 29 nitrogen and oxygen atoms in total. The van der Waals surface area contributed by atoms with Crippen LogP contribution in [0.1, 0.15) is 84.8 Å². The van der Waals surface area contributed by atoms with E-state index in [0.29, 0.717) is 5.69 Å². The Morgan fingerprint density at radius 1 is 0.632 bits per heavy atom. The number of rotatable bonds is 32. The zero-order chi connectivity index (χ0) is 51.8. The molecule has 29 heteroatoms. The first-order valence-corrected chi connectivity index (χ1v) is 21.3. The molecule has 0 saturated heterocycles. The number of aliphatic carboxylic acids is 2. The van der Waals surface area contributed by atoms with E-state index in [9.17, 15) is 68.1 Å². The van der Waals surface area contributed by atoms with Crippen LogP contribution in [0.4, 0.5) is 0 Å². The molecular weight excluding hydrogens is 903 g/mol. The van der Waals surface area contributed by atoms with Crippen molar-refractivity contribution in [2.45, 2.75) is 140 Å². The minimum absolute atomic E-state index is 0.00802. The van der Waals surface area contributed by atoms with Crippen molar-refractivity contribution in [3.05, 3.63) is 18.2 Å². The SMILES string of the molecule is CC(C)C[C@H](NC(=O)[C@H](C)NC(=O)[C@H](CCC(N)=O)NC(=O)[C@H](CCCN=C(N)N)NC(=O)[C@H](Cc1cnc[nH]1)NC(=O)[C@@H](N)[C@@H](C)O)C(=O)N[C@@H](CCC(=O)O)C(=O)N[C@@H](CC(N)=O)C(=O)O. The summed E-state index contributed by atoms with van der Waals surface area (Å²) in [5, 5.41) is 45.1. The third kappa shape index (κ3) is 22.7. The second kappa shape index (κ2) is 29.3. The third-order valence-corrected chi connectivity index (χ3v) is 9.72. The summed E-state index contributed by atoms with van der Waals surface area (Å²) >= 11 is 0. The van der Waals surface area contributed by atoms with Gasteiger partial charge in [0.2, 0.25) is 53.2 Å². The number of aromatic amines is 1. The fourth-order valence-corrected chi connectivity index (χ4v) is 6.05. The first-order chi connectivity index (χ1) is 31.7. The number of H-pyrrole nitrogens is 1. The zero-order valence-electron chi connectivity index (χ0n) is 38.1. The molecule has 0 aliphatic rings. The summed E-state index contributed by atoms with van der Waals surface area (Å²) in [6, 6.07) is -12.2. The van der Waals surface area contributed by atoms with Crippen LogP contribution in [0.5, 0.6) is 0 Å². The summed E-state index contributed by atoms with van der Waals surface area (Å²) in [5.41, 5.74) is 27.4. The average Bonchev–Trinajstić information content (AvgIpc) is 3.75. The normalized spacial score (nSPS) is 14.9. The number of aliphatic hydroxyl groups is 1. The Morgan fingerprint density at radius 3 is 1.59 bits per heavy atom. The van der Waals surface area contributed by atoms with Crippen molar-refractivity contribution < 1.29 is 68.1 Å². The van der Waals surface area contributed by atoms with Gasteiger partial charge in [-0.3, -0.25) is 52.9 Å². The van der Waals surface area contributed by atoms with Crippen LogP contribution in [0.25, 0.3) is 0 Å². The molecule has 0 spiro atoms. The molecular formula is C39H65N15O14. The van der Waals surface area contributed by atoms with Crippen LogP contribution < -0.4 is 65.9 Å². The average molecular weight is 968 g/mol. The van der Waals surface area contributed by atoms with E-state index in [2.05, 4.69) is 46.9 Å². The van der Waals surface area contributed by atoms with Crippen molar-refractivity contribution in [1.29, 1.82) is 0 Å². The van der Waals surface area contributed by atoms with Gasteiger partial charge in [-0.25, -0.2) is 9.78 Å². The first-order valence-electron chi connectivity index (χ1n) is 21.3. The maximum atomic E-state index is 13.9. The molecule has 9 atom stereocenters. The summed E-state index contributed by atoms with van der Waals surface area (Å²) < 4.78 is 0. The number of carboxylic acids is 2. The maximum absolute atomic E-state index is 13.9.